The lowest BCUT2D eigenvalue weighted by molar-refractivity contribution is -0.138. The maximum atomic E-state index is 9.88. The van der Waals surface area contributed by atoms with E-state index in [9.17, 15) is 4.79 Å². The van der Waals surface area contributed by atoms with Gasteiger partial charge in [0.1, 0.15) is 0 Å². The molecule has 2 atom stereocenters. The van der Waals surface area contributed by atoms with Crippen LogP contribution in [0.1, 0.15) is 13.3 Å². The molecule has 0 aromatic rings. The number of hydrogen-bond acceptors (Lipinski definition) is 2. The normalized spacial score (nSPS) is 13.2. The first-order chi connectivity index (χ1) is 3.66. The van der Waals surface area contributed by atoms with E-state index < -0.39 is 5.97 Å². The van der Waals surface area contributed by atoms with Gasteiger partial charge in [-0.1, -0.05) is 0 Å². The van der Waals surface area contributed by atoms with E-state index in [-0.39, 0.29) is 12.5 Å². The minimum atomic E-state index is -0.833. The molecule has 0 aliphatic rings. The first-order valence-electron chi connectivity index (χ1n) is 2.24. The van der Waals surface area contributed by atoms with Crippen LogP contribution in [0.25, 0.3) is 0 Å². The second kappa shape index (κ2) is 3.81. The molecular weight excluding hydrogens is 127 g/mol. The fraction of sp³-hybridized carbons (Fsp3) is 0.750. The summed E-state index contributed by atoms with van der Waals surface area (Å²) in [6.45, 7) is 1.70. The minimum absolute atomic E-state index is 0.0590. The van der Waals surface area contributed by atoms with Crippen LogP contribution < -0.4 is 0 Å². The maximum absolute atomic E-state index is 9.88. The van der Waals surface area contributed by atoms with E-state index in [2.05, 4.69) is 4.52 Å². The third-order valence-corrected chi connectivity index (χ3v) is 1.16. The molecule has 0 saturated heterocycles. The lowest BCUT2D eigenvalue weighted by Crippen LogP contribution is -2.08. The average molecular weight is 136 g/mol. The average Bonchev–Trinajstić information content (AvgIpc) is 1.65. The standard InChI is InChI=1S/C4H9O3P/c1-3(7-8)2-4(5)6/h3H,2,8H2,1H3,(H,5,6). The highest BCUT2D eigenvalue weighted by molar-refractivity contribution is 7.09. The van der Waals surface area contributed by atoms with Gasteiger partial charge in [0.2, 0.25) is 0 Å². The minimum Gasteiger partial charge on any atom is -0.481 e. The predicted molar refractivity (Wildman–Crippen MR) is 32.5 cm³/mol. The van der Waals surface area contributed by atoms with Gasteiger partial charge in [0.05, 0.1) is 12.5 Å². The Balaban J connectivity index is 3.24. The first-order valence-corrected chi connectivity index (χ1v) is 2.71. The molecule has 0 fully saturated rings. The molecule has 0 aromatic heterocycles. The Morgan fingerprint density at radius 1 is 2.00 bits per heavy atom. The van der Waals surface area contributed by atoms with Crippen molar-refractivity contribution in [3.05, 3.63) is 0 Å². The Kier molecular flexibility index (Phi) is 3.75. The van der Waals surface area contributed by atoms with Crippen molar-refractivity contribution in [3.8, 4) is 0 Å². The van der Waals surface area contributed by atoms with Gasteiger partial charge in [0.25, 0.3) is 0 Å². The monoisotopic (exact) mass is 136 g/mol. The molecule has 0 bridgehead atoms. The Morgan fingerprint density at radius 3 is 2.62 bits per heavy atom. The van der Waals surface area contributed by atoms with E-state index in [1.54, 1.807) is 6.92 Å². The largest absolute Gasteiger partial charge is 0.481 e. The summed E-state index contributed by atoms with van der Waals surface area (Å²) in [6, 6.07) is 0. The van der Waals surface area contributed by atoms with Crippen molar-refractivity contribution in [2.75, 3.05) is 0 Å². The molecule has 0 saturated carbocycles. The Labute approximate surface area is 50.3 Å². The Hall–Kier alpha value is -0.140. The van der Waals surface area contributed by atoms with Crippen LogP contribution in [0.3, 0.4) is 0 Å². The molecule has 0 aliphatic carbocycles. The van der Waals surface area contributed by atoms with E-state index in [0.717, 1.165) is 0 Å². The van der Waals surface area contributed by atoms with Crippen molar-refractivity contribution >= 4 is 15.4 Å². The highest BCUT2D eigenvalue weighted by atomic mass is 31.0. The van der Waals surface area contributed by atoms with Gasteiger partial charge in [-0.2, -0.15) is 0 Å². The summed E-state index contributed by atoms with van der Waals surface area (Å²) in [5, 5.41) is 8.13. The van der Waals surface area contributed by atoms with Crippen LogP contribution in [-0.2, 0) is 9.32 Å². The number of rotatable bonds is 3. The van der Waals surface area contributed by atoms with Crippen LogP contribution in [0.2, 0.25) is 0 Å². The molecule has 1 N–H and O–H groups in total. The lowest BCUT2D eigenvalue weighted by atomic mass is 10.3. The zero-order chi connectivity index (χ0) is 6.57. The van der Waals surface area contributed by atoms with Gasteiger partial charge in [-0.3, -0.25) is 4.79 Å². The summed E-state index contributed by atoms with van der Waals surface area (Å²) >= 11 is 0. The maximum Gasteiger partial charge on any atom is 0.305 e. The van der Waals surface area contributed by atoms with Crippen LogP contribution >= 0.6 is 9.47 Å². The van der Waals surface area contributed by atoms with Gasteiger partial charge in [-0.25, -0.2) is 0 Å². The molecule has 0 radical (unpaired) electrons. The van der Waals surface area contributed by atoms with Crippen molar-refractivity contribution in [3.63, 3.8) is 0 Å². The summed E-state index contributed by atoms with van der Waals surface area (Å²) in [5.41, 5.74) is 0. The molecule has 0 aromatic carbocycles. The van der Waals surface area contributed by atoms with Crippen LogP contribution in [0.15, 0.2) is 0 Å². The second-order valence-corrected chi connectivity index (χ2v) is 1.82. The summed E-state index contributed by atoms with van der Waals surface area (Å²) in [7, 11) is 2.02. The van der Waals surface area contributed by atoms with Crippen molar-refractivity contribution in [1.82, 2.24) is 0 Å². The molecule has 0 rings (SSSR count). The van der Waals surface area contributed by atoms with Gasteiger partial charge < -0.3 is 9.63 Å². The SMILES string of the molecule is CC(CC(=O)O)OP. The third kappa shape index (κ3) is 4.03. The number of carboxylic acids is 1. The number of carboxylic acid groups (broad SMARTS) is 1. The van der Waals surface area contributed by atoms with Crippen molar-refractivity contribution in [1.29, 1.82) is 0 Å². The highest BCUT2D eigenvalue weighted by Crippen LogP contribution is 2.00. The molecular formula is C4H9O3P. The van der Waals surface area contributed by atoms with Crippen molar-refractivity contribution < 1.29 is 14.4 Å². The van der Waals surface area contributed by atoms with Crippen molar-refractivity contribution in [2.45, 2.75) is 19.4 Å². The lowest BCUT2D eigenvalue weighted by Gasteiger charge is -2.02. The highest BCUT2D eigenvalue weighted by Gasteiger charge is 2.03. The van der Waals surface area contributed by atoms with E-state index in [1.807, 2.05) is 9.47 Å². The number of carbonyl (C=O) groups is 1. The Morgan fingerprint density at radius 2 is 2.50 bits per heavy atom. The van der Waals surface area contributed by atoms with Gasteiger partial charge in [-0.05, 0) is 6.92 Å². The molecule has 0 aliphatic heterocycles. The molecule has 4 heteroatoms. The van der Waals surface area contributed by atoms with Gasteiger partial charge in [0, 0.05) is 9.47 Å². The molecule has 2 unspecified atom stereocenters. The fourth-order valence-electron chi connectivity index (χ4n) is 0.294. The van der Waals surface area contributed by atoms with Crippen LogP contribution in [0, 0.1) is 0 Å². The van der Waals surface area contributed by atoms with E-state index >= 15 is 0 Å². The Bertz CT molecular complexity index is 83.4. The van der Waals surface area contributed by atoms with E-state index in [4.69, 9.17) is 5.11 Å². The molecule has 0 heterocycles. The quantitative estimate of drug-likeness (QED) is 0.579. The first kappa shape index (κ1) is 7.86. The summed E-state index contributed by atoms with van der Waals surface area (Å²) in [5.74, 6) is -0.833. The van der Waals surface area contributed by atoms with Crippen LogP contribution in [-0.4, -0.2) is 17.2 Å². The summed E-state index contributed by atoms with van der Waals surface area (Å²) < 4.78 is 4.60. The van der Waals surface area contributed by atoms with Crippen LogP contribution in [0.5, 0.6) is 0 Å². The molecule has 48 valence electrons. The number of aliphatic carboxylic acids is 1. The fourth-order valence-corrected chi connectivity index (χ4v) is 0.390. The third-order valence-electron chi connectivity index (χ3n) is 0.694. The summed E-state index contributed by atoms with van der Waals surface area (Å²) in [6.07, 6.45) is -0.152. The topological polar surface area (TPSA) is 46.5 Å². The predicted octanol–water partition coefficient (Wildman–Crippen LogP) is 0.656. The number of hydrogen-bond donors (Lipinski definition) is 1. The van der Waals surface area contributed by atoms with Crippen molar-refractivity contribution in [2.24, 2.45) is 0 Å². The molecule has 0 amide bonds. The second-order valence-electron chi connectivity index (χ2n) is 1.54. The van der Waals surface area contributed by atoms with Gasteiger partial charge >= 0.3 is 5.97 Å². The molecule has 8 heavy (non-hydrogen) atoms. The summed E-state index contributed by atoms with van der Waals surface area (Å²) in [4.78, 5) is 9.88. The molecule has 3 nitrogen and oxygen atoms in total. The van der Waals surface area contributed by atoms with Gasteiger partial charge in [0.15, 0.2) is 0 Å². The van der Waals surface area contributed by atoms with Gasteiger partial charge in [-0.15, -0.1) is 0 Å². The van der Waals surface area contributed by atoms with E-state index in [1.165, 1.54) is 0 Å². The van der Waals surface area contributed by atoms with Crippen LogP contribution in [0.4, 0.5) is 0 Å². The zero-order valence-electron chi connectivity index (χ0n) is 4.63. The smallest absolute Gasteiger partial charge is 0.305 e. The molecule has 0 spiro atoms. The zero-order valence-corrected chi connectivity index (χ0v) is 5.78. The van der Waals surface area contributed by atoms with E-state index in [0.29, 0.717) is 0 Å².